The van der Waals surface area contributed by atoms with E-state index in [4.69, 9.17) is 11.6 Å². The first kappa shape index (κ1) is 23.5. The van der Waals surface area contributed by atoms with Gasteiger partial charge in [-0.2, -0.15) is 0 Å². The van der Waals surface area contributed by atoms with Crippen molar-refractivity contribution in [3.8, 4) is 5.69 Å². The molecule has 1 N–H and O–H groups in total. The van der Waals surface area contributed by atoms with Crippen molar-refractivity contribution < 1.29 is 13.2 Å². The molecule has 1 aliphatic rings. The largest absolute Gasteiger partial charge is 0.352 e. The van der Waals surface area contributed by atoms with Crippen molar-refractivity contribution in [2.24, 2.45) is 5.92 Å². The third-order valence-electron chi connectivity index (χ3n) is 5.99. The van der Waals surface area contributed by atoms with Crippen molar-refractivity contribution in [3.63, 3.8) is 0 Å². The van der Waals surface area contributed by atoms with Crippen LogP contribution in [-0.2, 0) is 27.1 Å². The van der Waals surface area contributed by atoms with E-state index >= 15 is 0 Å². The molecule has 0 aliphatic carbocycles. The zero-order valence-corrected chi connectivity index (χ0v) is 20.0. The number of sulfonamides is 1. The molecule has 9 heteroatoms. The van der Waals surface area contributed by atoms with Gasteiger partial charge in [-0.05, 0) is 55.2 Å². The van der Waals surface area contributed by atoms with Gasteiger partial charge in [-0.1, -0.05) is 35.9 Å². The summed E-state index contributed by atoms with van der Waals surface area (Å²) in [6.45, 7) is 3.10. The summed E-state index contributed by atoms with van der Waals surface area (Å²) in [5.74, 6) is 0.645. The molecule has 1 fully saturated rings. The Labute approximate surface area is 199 Å². The number of amides is 1. The summed E-state index contributed by atoms with van der Waals surface area (Å²) in [6, 6.07) is 14.8. The normalized spacial score (nSPS) is 15.5. The second kappa shape index (κ2) is 10.1. The Balaban J connectivity index is 1.26. The number of aromatic nitrogens is 2. The fraction of sp³-hybridized carbons (Fsp3) is 0.333. The van der Waals surface area contributed by atoms with Crippen molar-refractivity contribution in [2.75, 3.05) is 13.1 Å². The molecule has 174 valence electrons. The van der Waals surface area contributed by atoms with Gasteiger partial charge in [0.15, 0.2) is 0 Å². The summed E-state index contributed by atoms with van der Waals surface area (Å²) < 4.78 is 29.0. The summed E-state index contributed by atoms with van der Waals surface area (Å²) in [5.41, 5.74) is 2.73. The van der Waals surface area contributed by atoms with Gasteiger partial charge in [-0.15, -0.1) is 0 Å². The minimum atomic E-state index is -3.43. The number of aryl methyl sites for hydroxylation is 1. The number of imidazole rings is 1. The third-order valence-corrected chi connectivity index (χ3v) is 8.09. The first-order chi connectivity index (χ1) is 15.8. The first-order valence-corrected chi connectivity index (χ1v) is 12.9. The van der Waals surface area contributed by atoms with Gasteiger partial charge in [0.1, 0.15) is 5.82 Å². The molecule has 0 atom stereocenters. The maximum Gasteiger partial charge on any atom is 0.223 e. The van der Waals surface area contributed by atoms with E-state index in [1.54, 1.807) is 30.5 Å². The highest BCUT2D eigenvalue weighted by Crippen LogP contribution is 2.22. The van der Waals surface area contributed by atoms with Gasteiger partial charge in [-0.3, -0.25) is 4.79 Å². The van der Waals surface area contributed by atoms with E-state index in [1.165, 1.54) is 4.31 Å². The highest BCUT2D eigenvalue weighted by molar-refractivity contribution is 7.88. The number of hydrogen-bond donors (Lipinski definition) is 1. The molecule has 33 heavy (non-hydrogen) atoms. The van der Waals surface area contributed by atoms with Gasteiger partial charge < -0.3 is 9.88 Å². The van der Waals surface area contributed by atoms with Crippen molar-refractivity contribution in [3.05, 3.63) is 82.9 Å². The molecule has 0 bridgehead atoms. The maximum absolute atomic E-state index is 12.7. The second-order valence-electron chi connectivity index (χ2n) is 8.28. The average molecular weight is 487 g/mol. The summed E-state index contributed by atoms with van der Waals surface area (Å²) in [7, 11) is -3.43. The molecule has 0 saturated carbocycles. The minimum absolute atomic E-state index is 0.0284. The van der Waals surface area contributed by atoms with Gasteiger partial charge in [0.05, 0.1) is 5.75 Å². The standard InChI is InChI=1S/C24H27ClN4O3S/c1-18-26-12-15-29(18)23-8-4-19(5-9-23)16-27-24(30)21-10-13-28(14-11-21)33(31,32)17-20-2-6-22(25)7-3-20/h2-9,12,15,21H,10-11,13-14,16-17H2,1H3,(H,27,30). The molecule has 0 unspecified atom stereocenters. The third kappa shape index (κ3) is 5.82. The monoisotopic (exact) mass is 486 g/mol. The number of piperidine rings is 1. The number of rotatable bonds is 7. The molecule has 1 saturated heterocycles. The molecule has 7 nitrogen and oxygen atoms in total. The molecule has 0 spiro atoms. The van der Waals surface area contributed by atoms with Crippen LogP contribution in [0, 0.1) is 12.8 Å². The Hall–Kier alpha value is -2.68. The number of carbonyl (C=O) groups is 1. The molecule has 1 aliphatic heterocycles. The van der Waals surface area contributed by atoms with Gasteiger partial charge >= 0.3 is 0 Å². The Morgan fingerprint density at radius 3 is 2.30 bits per heavy atom. The van der Waals surface area contributed by atoms with E-state index in [9.17, 15) is 13.2 Å². The predicted octanol–water partition coefficient (Wildman–Crippen LogP) is 3.69. The van der Waals surface area contributed by atoms with Gasteiger partial charge in [0, 0.05) is 48.7 Å². The number of halogens is 1. The quantitative estimate of drug-likeness (QED) is 0.552. The van der Waals surface area contributed by atoms with Crippen molar-refractivity contribution in [1.82, 2.24) is 19.2 Å². The Bertz CT molecular complexity index is 1200. The van der Waals surface area contributed by atoms with Crippen LogP contribution in [0.5, 0.6) is 0 Å². The average Bonchev–Trinajstić information content (AvgIpc) is 3.25. The van der Waals surface area contributed by atoms with Crippen LogP contribution >= 0.6 is 11.6 Å². The first-order valence-electron chi connectivity index (χ1n) is 10.9. The smallest absolute Gasteiger partial charge is 0.223 e. The van der Waals surface area contributed by atoms with E-state index < -0.39 is 10.0 Å². The van der Waals surface area contributed by atoms with Gasteiger partial charge in [0.25, 0.3) is 0 Å². The van der Waals surface area contributed by atoms with Crippen LogP contribution in [0.25, 0.3) is 5.69 Å². The Morgan fingerprint density at radius 2 is 1.70 bits per heavy atom. The van der Waals surface area contributed by atoms with E-state index in [1.807, 2.05) is 42.0 Å². The van der Waals surface area contributed by atoms with Crippen LogP contribution in [0.4, 0.5) is 0 Å². The summed E-state index contributed by atoms with van der Waals surface area (Å²) >= 11 is 5.87. The molecule has 1 amide bonds. The molecule has 2 heterocycles. The molecule has 3 aromatic rings. The van der Waals surface area contributed by atoms with Crippen LogP contribution in [0.15, 0.2) is 60.9 Å². The number of carbonyl (C=O) groups excluding carboxylic acids is 1. The fourth-order valence-electron chi connectivity index (χ4n) is 4.04. The lowest BCUT2D eigenvalue weighted by molar-refractivity contribution is -0.126. The molecular formula is C24H27ClN4O3S. The van der Waals surface area contributed by atoms with E-state index in [2.05, 4.69) is 10.3 Å². The van der Waals surface area contributed by atoms with Crippen LogP contribution in [0.3, 0.4) is 0 Å². The Kier molecular flexibility index (Phi) is 7.17. The minimum Gasteiger partial charge on any atom is -0.352 e. The van der Waals surface area contributed by atoms with Crippen LogP contribution < -0.4 is 5.32 Å². The summed E-state index contributed by atoms with van der Waals surface area (Å²) in [4.78, 5) is 16.9. The summed E-state index contributed by atoms with van der Waals surface area (Å²) in [5, 5.41) is 3.57. The van der Waals surface area contributed by atoms with Crippen LogP contribution in [0.1, 0.15) is 29.8 Å². The van der Waals surface area contributed by atoms with Gasteiger partial charge in [-0.25, -0.2) is 17.7 Å². The topological polar surface area (TPSA) is 84.3 Å². The fourth-order valence-corrected chi connectivity index (χ4v) is 5.73. The molecule has 4 rings (SSSR count). The highest BCUT2D eigenvalue weighted by Gasteiger charge is 2.31. The zero-order chi connectivity index (χ0) is 23.4. The SMILES string of the molecule is Cc1nccn1-c1ccc(CNC(=O)C2CCN(S(=O)(=O)Cc3ccc(Cl)cc3)CC2)cc1. The predicted molar refractivity (Wildman–Crippen MR) is 129 cm³/mol. The van der Waals surface area contributed by atoms with Crippen molar-refractivity contribution in [2.45, 2.75) is 32.1 Å². The van der Waals surface area contributed by atoms with Crippen LogP contribution in [-0.4, -0.2) is 41.3 Å². The Morgan fingerprint density at radius 1 is 1.06 bits per heavy atom. The lowest BCUT2D eigenvalue weighted by Gasteiger charge is -2.30. The van der Waals surface area contributed by atoms with Gasteiger partial charge in [0.2, 0.25) is 15.9 Å². The number of hydrogen-bond acceptors (Lipinski definition) is 4. The molecule has 0 radical (unpaired) electrons. The highest BCUT2D eigenvalue weighted by atomic mass is 35.5. The maximum atomic E-state index is 12.7. The number of nitrogens with one attached hydrogen (secondary N) is 1. The lowest BCUT2D eigenvalue weighted by Crippen LogP contribution is -2.43. The lowest BCUT2D eigenvalue weighted by atomic mass is 9.97. The van der Waals surface area contributed by atoms with Crippen molar-refractivity contribution >= 4 is 27.5 Å². The zero-order valence-electron chi connectivity index (χ0n) is 18.4. The molecule has 1 aromatic heterocycles. The van der Waals surface area contributed by atoms with E-state index in [0.29, 0.717) is 43.1 Å². The second-order valence-corrected chi connectivity index (χ2v) is 10.7. The number of benzene rings is 2. The molecular weight excluding hydrogens is 460 g/mol. The summed E-state index contributed by atoms with van der Waals surface area (Å²) in [6.07, 6.45) is 4.71. The van der Waals surface area contributed by atoms with E-state index in [-0.39, 0.29) is 17.6 Å². The van der Waals surface area contributed by atoms with E-state index in [0.717, 1.165) is 17.1 Å². The van der Waals surface area contributed by atoms with Crippen molar-refractivity contribution in [1.29, 1.82) is 0 Å². The number of nitrogens with zero attached hydrogens (tertiary/aromatic N) is 3. The van der Waals surface area contributed by atoms with Crippen LogP contribution in [0.2, 0.25) is 5.02 Å². The molecule has 2 aromatic carbocycles.